The maximum atomic E-state index is 15.0. The van der Waals surface area contributed by atoms with Crippen LogP contribution in [0.1, 0.15) is 182 Å². The van der Waals surface area contributed by atoms with Gasteiger partial charge in [-0.2, -0.15) is 0 Å². The third-order valence-electron chi connectivity index (χ3n) is 19.1. The molecule has 0 spiro atoms. The van der Waals surface area contributed by atoms with Gasteiger partial charge in [-0.1, -0.05) is 110 Å². The summed E-state index contributed by atoms with van der Waals surface area (Å²) in [7, 11) is 4.84. The number of imide groups is 1. The van der Waals surface area contributed by atoms with Crippen molar-refractivity contribution >= 4 is 70.6 Å². The molecule has 2 aromatic rings. The van der Waals surface area contributed by atoms with Gasteiger partial charge in [0.05, 0.1) is 48.4 Å². The van der Waals surface area contributed by atoms with Gasteiger partial charge < -0.3 is 56.1 Å². The summed E-state index contributed by atoms with van der Waals surface area (Å²) in [6.07, 6.45) is 7.32. The number of benzene rings is 2. The number of aliphatic hydroxyl groups excluding tert-OH is 1. The predicted molar refractivity (Wildman–Crippen MR) is 355 cm³/mol. The minimum absolute atomic E-state index is 0.0124. The molecule has 1 aliphatic carbocycles. The van der Waals surface area contributed by atoms with E-state index >= 15 is 0 Å². The molecule has 5 rings (SSSR count). The Morgan fingerprint density at radius 1 is 0.755 bits per heavy atom. The molecule has 23 nitrogen and oxygen atoms in total. The number of carbonyl (C=O) groups is 11. The van der Waals surface area contributed by atoms with Gasteiger partial charge in [0.15, 0.2) is 11.6 Å². The van der Waals surface area contributed by atoms with Crippen molar-refractivity contribution in [2.45, 2.75) is 213 Å². The van der Waals surface area contributed by atoms with Crippen molar-refractivity contribution in [1.82, 2.24) is 30.7 Å². The zero-order valence-corrected chi connectivity index (χ0v) is 57.3. The predicted octanol–water partition coefficient (Wildman–Crippen LogP) is 8.29. The molecular weight excluding hydrogens is 1200 g/mol. The lowest BCUT2D eigenvalue weighted by molar-refractivity contribution is -0.150. The number of rotatable bonds is 39. The van der Waals surface area contributed by atoms with Crippen molar-refractivity contribution in [3.8, 4) is 0 Å². The van der Waals surface area contributed by atoms with E-state index in [1.54, 1.807) is 83.0 Å². The number of urea groups is 1. The summed E-state index contributed by atoms with van der Waals surface area (Å²) >= 11 is 0. The van der Waals surface area contributed by atoms with E-state index in [0.717, 1.165) is 49.0 Å². The lowest BCUT2D eigenvalue weighted by Gasteiger charge is -2.43. The number of nitrogens with zero attached hydrogens (tertiary/aromatic N) is 3. The number of hydrogen-bond acceptors (Lipinski definition) is 15. The lowest BCUT2D eigenvalue weighted by Crippen LogP contribution is -2.55. The van der Waals surface area contributed by atoms with Crippen LogP contribution in [-0.2, 0) is 64.0 Å². The number of likely N-dealkylation sites (tertiary alicyclic amines) is 1. The number of alkyl carbamates (subject to hydrolysis) is 1. The van der Waals surface area contributed by atoms with Crippen LogP contribution in [0.5, 0.6) is 0 Å². The van der Waals surface area contributed by atoms with Crippen molar-refractivity contribution in [3.63, 3.8) is 0 Å². The molecule has 10 atom stereocenters. The number of amides is 9. The molecular formula is C71H106N8O15. The minimum atomic E-state index is -1.47. The van der Waals surface area contributed by atoms with E-state index in [0.29, 0.717) is 49.9 Å². The number of nitrogens with two attached hydrogens (primary N) is 1. The number of methoxy groups -OCH3 is 2. The molecule has 2 aromatic carbocycles. The summed E-state index contributed by atoms with van der Waals surface area (Å²) in [6.45, 7) is 14.8. The van der Waals surface area contributed by atoms with Crippen molar-refractivity contribution in [3.05, 3.63) is 77.9 Å². The average Bonchev–Trinajstić information content (AvgIpc) is 1.17. The molecule has 1 saturated carbocycles. The van der Waals surface area contributed by atoms with Crippen LogP contribution < -0.4 is 27.0 Å². The van der Waals surface area contributed by atoms with Crippen molar-refractivity contribution in [1.29, 1.82) is 0 Å². The highest BCUT2D eigenvalue weighted by Crippen LogP contribution is 2.36. The molecule has 0 aromatic heterocycles. The molecule has 0 bridgehead atoms. The fraction of sp³-hybridized carbons (Fsp3) is 0.648. The molecule has 2 heterocycles. The molecule has 23 heteroatoms. The monoisotopic (exact) mass is 1310 g/mol. The van der Waals surface area contributed by atoms with Crippen LogP contribution in [0.2, 0.25) is 0 Å². The van der Waals surface area contributed by atoms with Crippen LogP contribution in [-0.4, -0.2) is 161 Å². The van der Waals surface area contributed by atoms with Crippen LogP contribution in [0.15, 0.2) is 66.7 Å². The van der Waals surface area contributed by atoms with Gasteiger partial charge in [0.1, 0.15) is 12.4 Å². The molecule has 9 amide bonds. The second-order valence-corrected chi connectivity index (χ2v) is 27.2. The van der Waals surface area contributed by atoms with Gasteiger partial charge in [0, 0.05) is 102 Å². The number of carbonyl (C=O) groups excluding carboxylic acids is 11. The molecule has 1 saturated heterocycles. The van der Waals surface area contributed by atoms with Crippen LogP contribution in [0.4, 0.5) is 15.3 Å². The fourth-order valence-corrected chi connectivity index (χ4v) is 13.3. The highest BCUT2D eigenvalue weighted by Gasteiger charge is 2.45. The first kappa shape index (κ1) is 77.3. The van der Waals surface area contributed by atoms with Gasteiger partial charge in [-0.3, -0.25) is 48.1 Å². The second kappa shape index (κ2) is 37.7. The number of Topliss-reactive ketones (excluding diaryl/α,β-unsaturated/α-hetero) is 3. The largest absolute Gasteiger partial charge is 0.445 e. The summed E-state index contributed by atoms with van der Waals surface area (Å²) in [5.74, 6) is -5.96. The number of unbranched alkanes of at least 4 members (excludes halogenated alkanes) is 2. The van der Waals surface area contributed by atoms with Gasteiger partial charge in [0.2, 0.25) is 23.6 Å². The Kier molecular flexibility index (Phi) is 31.0. The van der Waals surface area contributed by atoms with Crippen LogP contribution >= 0.6 is 0 Å². The number of aliphatic hydroxyl groups is 1. The first-order chi connectivity index (χ1) is 44.6. The van der Waals surface area contributed by atoms with E-state index in [9.17, 15) is 57.8 Å². The van der Waals surface area contributed by atoms with Crippen LogP contribution in [0, 0.1) is 41.4 Å². The van der Waals surface area contributed by atoms with Gasteiger partial charge in [-0.05, 0) is 112 Å². The molecule has 7 N–H and O–H groups in total. The zero-order valence-electron chi connectivity index (χ0n) is 57.3. The number of nitrogens with one attached hydrogen (secondary N) is 4. The van der Waals surface area contributed by atoms with Gasteiger partial charge in [-0.15, -0.1) is 0 Å². The average molecular weight is 1310 g/mol. The smallest absolute Gasteiger partial charge is 0.408 e. The summed E-state index contributed by atoms with van der Waals surface area (Å²) in [6, 6.07) is 13.2. The quantitative estimate of drug-likeness (QED) is 0.0271. The highest BCUT2D eigenvalue weighted by atomic mass is 16.5. The Labute approximate surface area is 555 Å². The third-order valence-corrected chi connectivity index (χ3v) is 19.1. The van der Waals surface area contributed by atoms with Gasteiger partial charge >= 0.3 is 12.1 Å². The Morgan fingerprint density at radius 3 is 2.02 bits per heavy atom. The standard InChI is InChI=1S/C71H106N8O15/c1-44(2)53(68(89)77(9)64(49-23-15-12-16-24-49)57(92-10)42-62(86)78-38-22-28-54(78)66(93-11)47(6)55(80)39-46(5)65(87)50-25-17-13-18-26-50)41-58(82)71(7,8)76-70(91)94-43-48-30-32-52(33-31-48)74-67(88)51(27-21-36-73-69(72)90)40-56(81)63(45(3)4)75-59(83)29-19-14-20-37-79-60(84)34-35-61(79)85/h13,17-18,25-26,30-35,44-47,49,51,53-54,57,63-66,87H,12,14-16,19-24,27-29,36-43H2,1-11H3,(H,74,88)(H,75,83)(H,76,91)(H3,72,73,90)/t46-,47-,51?,53-,54-,57+,63-,64-,65+,66+/m0/s1. The normalized spacial score (nSPS) is 18.1. The summed E-state index contributed by atoms with van der Waals surface area (Å²) in [4.78, 5) is 152. The number of primary amides is 1. The molecule has 0 radical (unpaired) electrons. The molecule has 1 unspecified atom stereocenters. The van der Waals surface area contributed by atoms with E-state index in [1.807, 2.05) is 58.0 Å². The van der Waals surface area contributed by atoms with Crippen molar-refractivity contribution in [2.75, 3.05) is 46.2 Å². The Balaban J connectivity index is 1.16. The van der Waals surface area contributed by atoms with Crippen molar-refractivity contribution < 1.29 is 72.1 Å². The topological polar surface area (TPSA) is 320 Å². The second-order valence-electron chi connectivity index (χ2n) is 27.2. The number of ketones is 3. The lowest BCUT2D eigenvalue weighted by atomic mass is 9.79. The number of likely N-dealkylation sites (N-methyl/N-ethyl adjacent to an activating group) is 1. The van der Waals surface area contributed by atoms with Gasteiger partial charge in [-0.25, -0.2) is 9.59 Å². The zero-order chi connectivity index (χ0) is 69.4. The SMILES string of the molecule is CO[C@H]([C@@H](C)C(=O)C[C@H](C)[C@@H](O)c1ccccc1)[C@@H]1CCCN1C(=O)C[C@@H](OC)[C@H](C1CCCCC1)N(C)C(=O)[C@@H](CC(=O)C(C)(C)NC(=O)OCc1ccc(NC(=O)C(CCCNC(N)=O)CC(=O)[C@@H](NC(=O)CCCCCN2C(=O)C=CC2=O)C(C)C)cc1)C(C)C. The Bertz CT molecular complexity index is 2890. The molecule has 2 aliphatic heterocycles. The maximum absolute atomic E-state index is 15.0. The summed E-state index contributed by atoms with van der Waals surface area (Å²) < 4.78 is 17.8. The number of ether oxygens (including phenoxy) is 3. The molecule has 94 heavy (non-hydrogen) atoms. The van der Waals surface area contributed by atoms with Crippen LogP contribution in [0.25, 0.3) is 0 Å². The number of hydrogen-bond donors (Lipinski definition) is 6. The third kappa shape index (κ3) is 22.9. The molecule has 2 fully saturated rings. The molecule has 3 aliphatic rings. The summed E-state index contributed by atoms with van der Waals surface area (Å²) in [5, 5.41) is 21.9. The highest BCUT2D eigenvalue weighted by molar-refractivity contribution is 6.12. The van der Waals surface area contributed by atoms with E-state index in [2.05, 4.69) is 21.3 Å². The van der Waals surface area contributed by atoms with E-state index in [1.165, 1.54) is 12.2 Å². The van der Waals surface area contributed by atoms with E-state index in [-0.39, 0.29) is 129 Å². The maximum Gasteiger partial charge on any atom is 0.408 e. The van der Waals surface area contributed by atoms with E-state index < -0.39 is 77.5 Å². The van der Waals surface area contributed by atoms with E-state index in [4.69, 9.17) is 19.9 Å². The van der Waals surface area contributed by atoms with Crippen molar-refractivity contribution in [2.24, 2.45) is 47.2 Å². The Hall–Kier alpha value is -7.37. The summed E-state index contributed by atoms with van der Waals surface area (Å²) in [5.41, 5.74) is 5.46. The first-order valence-electron chi connectivity index (χ1n) is 33.7. The first-order valence-corrected chi connectivity index (χ1v) is 33.7. The minimum Gasteiger partial charge on any atom is -0.445 e. The molecule has 520 valence electrons. The van der Waals surface area contributed by atoms with Crippen LogP contribution in [0.3, 0.4) is 0 Å². The Morgan fingerprint density at radius 2 is 1.41 bits per heavy atom. The number of anilines is 1. The van der Waals surface area contributed by atoms with Gasteiger partial charge in [0.25, 0.3) is 11.8 Å². The fourth-order valence-electron chi connectivity index (χ4n) is 13.3.